The van der Waals surface area contributed by atoms with Gasteiger partial charge in [0.15, 0.2) is 5.78 Å². The molecule has 0 N–H and O–H groups in total. The molecule has 8 heteroatoms. The van der Waals surface area contributed by atoms with Crippen LogP contribution in [0.3, 0.4) is 0 Å². The molecule has 0 bridgehead atoms. The zero-order valence-electron chi connectivity index (χ0n) is 14.3. The molecule has 0 saturated carbocycles. The topological polar surface area (TPSA) is 99.1 Å². The highest BCUT2D eigenvalue weighted by Gasteiger charge is 2.17. The molecule has 0 atom stereocenters. The number of benzene rings is 2. The lowest BCUT2D eigenvalue weighted by Crippen LogP contribution is -2.03. The number of ketones is 1. The largest absolute Gasteiger partial charge is 0.411 e. The van der Waals surface area contributed by atoms with Gasteiger partial charge in [-0.15, -0.1) is 10.2 Å². The van der Waals surface area contributed by atoms with Crippen molar-refractivity contribution in [3.8, 4) is 11.5 Å². The molecule has 136 valence electrons. The normalized spacial score (nSPS) is 12.7. The van der Waals surface area contributed by atoms with Gasteiger partial charge in [-0.2, -0.15) is 0 Å². The summed E-state index contributed by atoms with van der Waals surface area (Å²) >= 11 is 1.16. The van der Waals surface area contributed by atoms with Crippen LogP contribution in [0.25, 0.3) is 11.5 Å². The molecular formula is C19H15N3O4S. The highest BCUT2D eigenvalue weighted by atomic mass is 32.2. The highest BCUT2D eigenvalue weighted by Crippen LogP contribution is 2.27. The maximum atomic E-state index is 12.4. The van der Waals surface area contributed by atoms with Crippen LogP contribution in [-0.2, 0) is 12.8 Å². The number of Topliss-reactive ketones (excluding diaryl/α,β-unsaturated/α-hetero) is 1. The quantitative estimate of drug-likeness (QED) is 0.274. The number of nitrogens with zero attached hydrogens (tertiary/aromatic N) is 3. The molecule has 0 aliphatic heterocycles. The van der Waals surface area contributed by atoms with E-state index in [1.807, 2.05) is 18.2 Å². The van der Waals surface area contributed by atoms with Crippen LogP contribution in [0.5, 0.6) is 0 Å². The van der Waals surface area contributed by atoms with Crippen LogP contribution in [0.1, 0.15) is 27.9 Å². The molecule has 0 unspecified atom stereocenters. The lowest BCUT2D eigenvalue weighted by atomic mass is 10.0. The van der Waals surface area contributed by atoms with E-state index >= 15 is 0 Å². The van der Waals surface area contributed by atoms with Gasteiger partial charge in [0.2, 0.25) is 5.89 Å². The number of rotatable bonds is 6. The Kier molecular flexibility index (Phi) is 4.72. The number of fused-ring (bicyclic) bond motifs is 1. The average Bonchev–Trinajstić information content (AvgIpc) is 3.35. The summed E-state index contributed by atoms with van der Waals surface area (Å²) in [5, 5.41) is 19.0. The van der Waals surface area contributed by atoms with Gasteiger partial charge in [-0.05, 0) is 42.5 Å². The zero-order valence-corrected chi connectivity index (χ0v) is 15.1. The fourth-order valence-electron chi connectivity index (χ4n) is 3.09. The molecule has 0 radical (unpaired) electrons. The van der Waals surface area contributed by atoms with Crippen LogP contribution >= 0.6 is 11.8 Å². The Hall–Kier alpha value is -3.00. The Morgan fingerprint density at radius 1 is 1.15 bits per heavy atom. The van der Waals surface area contributed by atoms with E-state index in [0.717, 1.165) is 31.0 Å². The van der Waals surface area contributed by atoms with Crippen molar-refractivity contribution in [3.63, 3.8) is 0 Å². The van der Waals surface area contributed by atoms with E-state index in [0.29, 0.717) is 11.1 Å². The van der Waals surface area contributed by atoms with Crippen molar-refractivity contribution in [2.75, 3.05) is 5.75 Å². The number of carbonyl (C=O) groups excluding carboxylic acids is 1. The Bertz CT molecular complexity index is 1030. The lowest BCUT2D eigenvalue weighted by Gasteiger charge is -2.03. The van der Waals surface area contributed by atoms with Crippen LogP contribution in [0.2, 0.25) is 0 Å². The van der Waals surface area contributed by atoms with Gasteiger partial charge < -0.3 is 4.42 Å². The summed E-state index contributed by atoms with van der Waals surface area (Å²) in [6.07, 6.45) is 3.25. The molecule has 1 heterocycles. The van der Waals surface area contributed by atoms with E-state index in [-0.39, 0.29) is 28.3 Å². The summed E-state index contributed by atoms with van der Waals surface area (Å²) in [5.41, 5.74) is 3.70. The Morgan fingerprint density at radius 3 is 2.85 bits per heavy atom. The van der Waals surface area contributed by atoms with E-state index in [1.54, 1.807) is 12.1 Å². The minimum Gasteiger partial charge on any atom is -0.411 e. The van der Waals surface area contributed by atoms with Crippen molar-refractivity contribution in [2.45, 2.75) is 24.5 Å². The second-order valence-corrected chi connectivity index (χ2v) is 7.16. The zero-order chi connectivity index (χ0) is 18.8. The number of non-ortho nitro benzene ring substituents is 1. The van der Waals surface area contributed by atoms with E-state index < -0.39 is 4.92 Å². The van der Waals surface area contributed by atoms with Crippen molar-refractivity contribution in [1.29, 1.82) is 0 Å². The molecule has 1 aromatic heterocycles. The number of hydrogen-bond acceptors (Lipinski definition) is 7. The van der Waals surface area contributed by atoms with Crippen molar-refractivity contribution >= 4 is 23.2 Å². The van der Waals surface area contributed by atoms with Gasteiger partial charge in [-0.3, -0.25) is 14.9 Å². The summed E-state index contributed by atoms with van der Waals surface area (Å²) in [6.45, 7) is 0. The number of thioether (sulfide) groups is 1. The molecule has 27 heavy (non-hydrogen) atoms. The standard InChI is InChI=1S/C19H15N3O4S/c23-17(14-8-7-12-3-1-4-13(12)9-14)11-27-19-21-20-18(26-19)15-5-2-6-16(10-15)22(24)25/h2,5-10H,1,3-4,11H2. The first-order valence-electron chi connectivity index (χ1n) is 8.46. The second-order valence-electron chi connectivity index (χ2n) is 6.23. The molecule has 7 nitrogen and oxygen atoms in total. The Labute approximate surface area is 159 Å². The van der Waals surface area contributed by atoms with Crippen molar-refractivity contribution < 1.29 is 14.1 Å². The van der Waals surface area contributed by atoms with Crippen molar-refractivity contribution in [2.24, 2.45) is 0 Å². The maximum Gasteiger partial charge on any atom is 0.277 e. The number of aromatic nitrogens is 2. The van der Waals surface area contributed by atoms with Crippen molar-refractivity contribution in [3.05, 3.63) is 69.3 Å². The molecule has 2 aromatic carbocycles. The number of nitro groups is 1. The molecule has 0 amide bonds. The summed E-state index contributed by atoms with van der Waals surface area (Å²) in [6, 6.07) is 11.9. The molecule has 1 aliphatic carbocycles. The summed E-state index contributed by atoms with van der Waals surface area (Å²) in [7, 11) is 0. The summed E-state index contributed by atoms with van der Waals surface area (Å²) < 4.78 is 5.53. The maximum absolute atomic E-state index is 12.4. The first-order chi connectivity index (χ1) is 13.1. The fraction of sp³-hybridized carbons (Fsp3) is 0.211. The highest BCUT2D eigenvalue weighted by molar-refractivity contribution is 7.99. The average molecular weight is 381 g/mol. The Balaban J connectivity index is 1.43. The monoisotopic (exact) mass is 381 g/mol. The molecule has 4 rings (SSSR count). The van der Waals surface area contributed by atoms with Crippen LogP contribution in [-0.4, -0.2) is 26.7 Å². The molecular weight excluding hydrogens is 366 g/mol. The van der Waals surface area contributed by atoms with E-state index in [9.17, 15) is 14.9 Å². The van der Waals surface area contributed by atoms with Gasteiger partial charge >= 0.3 is 0 Å². The smallest absolute Gasteiger partial charge is 0.277 e. The Morgan fingerprint density at radius 2 is 2.00 bits per heavy atom. The van der Waals surface area contributed by atoms with Crippen LogP contribution in [0, 0.1) is 10.1 Å². The second kappa shape index (κ2) is 7.32. The van der Waals surface area contributed by atoms with Gasteiger partial charge in [0.1, 0.15) is 0 Å². The first kappa shape index (κ1) is 17.4. The third kappa shape index (κ3) is 3.75. The number of nitro benzene ring substituents is 1. The van der Waals surface area contributed by atoms with Gasteiger partial charge in [0.05, 0.1) is 10.7 Å². The fourth-order valence-corrected chi connectivity index (χ4v) is 3.75. The third-order valence-corrected chi connectivity index (χ3v) is 5.28. The van der Waals surface area contributed by atoms with Crippen LogP contribution in [0.15, 0.2) is 52.1 Å². The van der Waals surface area contributed by atoms with E-state index in [4.69, 9.17) is 4.42 Å². The van der Waals surface area contributed by atoms with Gasteiger partial charge in [-0.25, -0.2) is 0 Å². The molecule has 3 aromatic rings. The van der Waals surface area contributed by atoms with Crippen LogP contribution < -0.4 is 0 Å². The van der Waals surface area contributed by atoms with Crippen LogP contribution in [0.4, 0.5) is 5.69 Å². The number of hydrogen-bond donors (Lipinski definition) is 0. The lowest BCUT2D eigenvalue weighted by molar-refractivity contribution is -0.384. The molecule has 0 spiro atoms. The predicted molar refractivity (Wildman–Crippen MR) is 99.9 cm³/mol. The van der Waals surface area contributed by atoms with Gasteiger partial charge in [0, 0.05) is 23.3 Å². The minimum absolute atomic E-state index is 0.00444. The summed E-state index contributed by atoms with van der Waals surface area (Å²) in [5.74, 6) is 0.381. The molecule has 0 saturated heterocycles. The number of aryl methyl sites for hydroxylation is 2. The minimum atomic E-state index is -0.481. The third-order valence-electron chi connectivity index (χ3n) is 4.46. The van der Waals surface area contributed by atoms with Gasteiger partial charge in [-0.1, -0.05) is 30.0 Å². The predicted octanol–water partition coefficient (Wildman–Crippen LogP) is 4.11. The van der Waals surface area contributed by atoms with E-state index in [1.165, 1.54) is 23.3 Å². The first-order valence-corrected chi connectivity index (χ1v) is 9.45. The van der Waals surface area contributed by atoms with Gasteiger partial charge in [0.25, 0.3) is 10.9 Å². The number of carbonyl (C=O) groups is 1. The van der Waals surface area contributed by atoms with E-state index in [2.05, 4.69) is 10.2 Å². The molecule has 0 fully saturated rings. The SMILES string of the molecule is O=C(CSc1nnc(-c2cccc([N+](=O)[O-])c2)o1)c1ccc2c(c1)CCC2. The summed E-state index contributed by atoms with van der Waals surface area (Å²) in [4.78, 5) is 22.8. The van der Waals surface area contributed by atoms with Crippen molar-refractivity contribution in [1.82, 2.24) is 10.2 Å². The molecule has 1 aliphatic rings.